The van der Waals surface area contributed by atoms with Crippen LogP contribution in [0.2, 0.25) is 0 Å². The zero-order valence-corrected chi connectivity index (χ0v) is 16.3. The van der Waals surface area contributed by atoms with Gasteiger partial charge in [-0.1, -0.05) is 20.8 Å². The third-order valence-electron chi connectivity index (χ3n) is 4.93. The molecule has 1 aromatic heterocycles. The largest absolute Gasteiger partial charge is 0.364 e. The maximum absolute atomic E-state index is 13.0. The molecule has 1 aromatic rings. The molecule has 0 aromatic carbocycles. The lowest BCUT2D eigenvalue weighted by Gasteiger charge is -2.43. The zero-order valence-electron chi connectivity index (χ0n) is 15.5. The fourth-order valence-corrected chi connectivity index (χ4v) is 5.11. The van der Waals surface area contributed by atoms with E-state index in [-0.39, 0.29) is 28.1 Å². The van der Waals surface area contributed by atoms with Crippen molar-refractivity contribution in [3.05, 3.63) is 11.1 Å². The van der Waals surface area contributed by atoms with Crippen LogP contribution >= 0.6 is 11.3 Å². The minimum Gasteiger partial charge on any atom is -0.364 e. The van der Waals surface area contributed by atoms with Gasteiger partial charge in [-0.05, 0) is 30.6 Å². The number of anilines is 1. The van der Waals surface area contributed by atoms with Gasteiger partial charge in [0.25, 0.3) is 11.8 Å². The summed E-state index contributed by atoms with van der Waals surface area (Å²) in [6.45, 7) is 5.82. The minimum atomic E-state index is -0.946. The van der Waals surface area contributed by atoms with Gasteiger partial charge in [0.2, 0.25) is 5.91 Å². The van der Waals surface area contributed by atoms with Gasteiger partial charge in [0.15, 0.2) is 5.13 Å². The Kier molecular flexibility index (Phi) is 4.71. The molecule has 9 nitrogen and oxygen atoms in total. The van der Waals surface area contributed by atoms with Crippen molar-refractivity contribution in [2.24, 2.45) is 17.1 Å². The van der Waals surface area contributed by atoms with Crippen molar-refractivity contribution in [3.63, 3.8) is 0 Å². The second kappa shape index (κ2) is 6.59. The third-order valence-corrected chi connectivity index (χ3v) is 5.69. The second-order valence-electron chi connectivity index (χ2n) is 8.21. The van der Waals surface area contributed by atoms with Crippen molar-refractivity contribution in [1.82, 2.24) is 15.2 Å². The van der Waals surface area contributed by atoms with Gasteiger partial charge >= 0.3 is 6.03 Å². The highest BCUT2D eigenvalue weighted by molar-refractivity contribution is 7.14. The summed E-state index contributed by atoms with van der Waals surface area (Å²) in [5.74, 6) is -1.34. The fraction of sp³-hybridized carbons (Fsp3) is 0.588. The van der Waals surface area contributed by atoms with Gasteiger partial charge < -0.3 is 16.4 Å². The molecule has 1 saturated carbocycles. The Balaban J connectivity index is 1.70. The third kappa shape index (κ3) is 3.80. The number of amides is 5. The number of nitrogens with one attached hydrogen (secondary N) is 2. The first-order valence-electron chi connectivity index (χ1n) is 8.71. The lowest BCUT2D eigenvalue weighted by atomic mass is 9.64. The van der Waals surface area contributed by atoms with Crippen LogP contribution in [0.15, 0.2) is 5.38 Å². The highest BCUT2D eigenvalue weighted by Gasteiger charge is 2.56. The maximum atomic E-state index is 13.0. The van der Waals surface area contributed by atoms with E-state index in [0.717, 1.165) is 22.7 Å². The van der Waals surface area contributed by atoms with E-state index in [9.17, 15) is 19.2 Å². The molecule has 2 atom stereocenters. The number of thiazole rings is 1. The summed E-state index contributed by atoms with van der Waals surface area (Å²) in [5, 5.41) is 6.92. The Morgan fingerprint density at radius 2 is 2.11 bits per heavy atom. The van der Waals surface area contributed by atoms with Gasteiger partial charge in [-0.3, -0.25) is 19.3 Å². The lowest BCUT2D eigenvalue weighted by Crippen LogP contribution is -2.54. The highest BCUT2D eigenvalue weighted by atomic mass is 32.1. The van der Waals surface area contributed by atoms with Crippen molar-refractivity contribution in [3.8, 4) is 0 Å². The Labute approximate surface area is 160 Å². The first-order chi connectivity index (χ1) is 12.5. The average molecular weight is 393 g/mol. The van der Waals surface area contributed by atoms with Crippen molar-refractivity contribution in [1.29, 1.82) is 0 Å². The van der Waals surface area contributed by atoms with Crippen LogP contribution in [0, 0.1) is 11.3 Å². The maximum Gasteiger partial charge on any atom is 0.325 e. The molecule has 0 bridgehead atoms. The van der Waals surface area contributed by atoms with Crippen LogP contribution < -0.4 is 16.4 Å². The Hall–Kier alpha value is -2.49. The molecule has 0 radical (unpaired) electrons. The van der Waals surface area contributed by atoms with Gasteiger partial charge in [-0.2, -0.15) is 0 Å². The first-order valence-corrected chi connectivity index (χ1v) is 9.59. The molecule has 1 aliphatic heterocycles. The van der Waals surface area contributed by atoms with Crippen molar-refractivity contribution in [2.45, 2.75) is 45.6 Å². The quantitative estimate of drug-likeness (QED) is 0.663. The van der Waals surface area contributed by atoms with Crippen LogP contribution in [0.25, 0.3) is 0 Å². The molecule has 2 heterocycles. The Morgan fingerprint density at radius 3 is 2.70 bits per heavy atom. The summed E-state index contributed by atoms with van der Waals surface area (Å²) in [5.41, 5.74) is 4.15. The molecule has 5 amide bonds. The van der Waals surface area contributed by atoms with E-state index in [1.165, 1.54) is 5.38 Å². The number of nitrogens with two attached hydrogens (primary N) is 1. The van der Waals surface area contributed by atoms with E-state index in [1.54, 1.807) is 0 Å². The number of hydrogen-bond acceptors (Lipinski definition) is 6. The SMILES string of the molecule is C[C@@H]1CC(C)(C)C[C@@]2(C1)NC(=O)N(CC(=O)Nc1nc(C(N)=O)cs1)C2=O. The van der Waals surface area contributed by atoms with Crippen LogP contribution in [0.3, 0.4) is 0 Å². The van der Waals surface area contributed by atoms with Crippen LogP contribution in [-0.2, 0) is 9.59 Å². The summed E-state index contributed by atoms with van der Waals surface area (Å²) in [6, 6.07) is -0.558. The number of primary amides is 1. The molecular formula is C17H23N5O4S. The number of imide groups is 1. The molecule has 146 valence electrons. The summed E-state index contributed by atoms with van der Waals surface area (Å²) >= 11 is 1.04. The summed E-state index contributed by atoms with van der Waals surface area (Å²) in [7, 11) is 0. The van der Waals surface area contributed by atoms with Gasteiger partial charge in [-0.25, -0.2) is 9.78 Å². The highest BCUT2D eigenvalue weighted by Crippen LogP contribution is 2.46. The molecule has 1 saturated heterocycles. The van der Waals surface area contributed by atoms with Gasteiger partial charge in [0.05, 0.1) is 0 Å². The van der Waals surface area contributed by atoms with Crippen LogP contribution in [0.5, 0.6) is 0 Å². The topological polar surface area (TPSA) is 134 Å². The molecular weight excluding hydrogens is 370 g/mol. The number of carbonyl (C=O) groups excluding carboxylic acids is 4. The number of nitrogens with zero attached hydrogens (tertiary/aromatic N) is 2. The number of carbonyl (C=O) groups is 4. The summed E-state index contributed by atoms with van der Waals surface area (Å²) in [6.07, 6.45) is 2.08. The second-order valence-corrected chi connectivity index (χ2v) is 9.07. The number of rotatable bonds is 4. The van der Waals surface area contributed by atoms with Gasteiger partial charge in [0, 0.05) is 5.38 Å². The van der Waals surface area contributed by atoms with Crippen LogP contribution in [-0.4, -0.2) is 45.7 Å². The standard InChI is InChI=1S/C17H23N5O4S/c1-9-4-16(2,3)8-17(5-9)13(25)22(15(26)21-17)6-11(23)20-14-19-10(7-27-14)12(18)24/h7,9H,4-6,8H2,1-3H3,(H2,18,24)(H,21,26)(H,19,20,23)/t9-,17-/m1/s1. The van der Waals surface area contributed by atoms with Crippen molar-refractivity contribution < 1.29 is 19.2 Å². The first kappa shape index (κ1) is 19.3. The normalized spacial score (nSPS) is 26.9. The average Bonchev–Trinajstić information content (AvgIpc) is 3.05. The van der Waals surface area contributed by atoms with E-state index >= 15 is 0 Å². The molecule has 27 heavy (non-hydrogen) atoms. The van der Waals surface area contributed by atoms with E-state index in [0.29, 0.717) is 12.8 Å². The lowest BCUT2D eigenvalue weighted by molar-refractivity contribution is -0.136. The van der Waals surface area contributed by atoms with Gasteiger partial charge in [-0.15, -0.1) is 11.3 Å². The smallest absolute Gasteiger partial charge is 0.325 e. The van der Waals surface area contributed by atoms with Crippen molar-refractivity contribution >= 4 is 40.2 Å². The molecule has 10 heteroatoms. The molecule has 3 rings (SSSR count). The number of aromatic nitrogens is 1. The van der Waals surface area contributed by atoms with E-state index < -0.39 is 29.9 Å². The fourth-order valence-electron chi connectivity index (χ4n) is 4.40. The summed E-state index contributed by atoms with van der Waals surface area (Å²) < 4.78 is 0. The van der Waals surface area contributed by atoms with Crippen LogP contribution in [0.1, 0.15) is 50.5 Å². The molecule has 0 unspecified atom stereocenters. The molecule has 1 aliphatic carbocycles. The number of hydrogen-bond donors (Lipinski definition) is 3. The predicted octanol–water partition coefficient (Wildman–Crippen LogP) is 1.32. The van der Waals surface area contributed by atoms with E-state index in [1.807, 2.05) is 0 Å². The molecule has 1 spiro atoms. The Bertz CT molecular complexity index is 820. The molecule has 2 aliphatic rings. The Morgan fingerprint density at radius 1 is 1.41 bits per heavy atom. The monoisotopic (exact) mass is 393 g/mol. The predicted molar refractivity (Wildman–Crippen MR) is 99.0 cm³/mol. The zero-order chi connectivity index (χ0) is 20.0. The number of urea groups is 1. The minimum absolute atomic E-state index is 0.0441. The van der Waals surface area contributed by atoms with Gasteiger partial charge in [0.1, 0.15) is 17.8 Å². The van der Waals surface area contributed by atoms with Crippen LogP contribution in [0.4, 0.5) is 9.93 Å². The molecule has 2 fully saturated rings. The van der Waals surface area contributed by atoms with E-state index in [2.05, 4.69) is 36.4 Å². The molecule has 4 N–H and O–H groups in total. The van der Waals surface area contributed by atoms with Crippen molar-refractivity contribution in [2.75, 3.05) is 11.9 Å². The summed E-state index contributed by atoms with van der Waals surface area (Å²) in [4.78, 5) is 53.6. The van der Waals surface area contributed by atoms with E-state index in [4.69, 9.17) is 5.73 Å².